The third kappa shape index (κ3) is 5.98. The van der Waals surface area contributed by atoms with E-state index in [1.165, 1.54) is 12.1 Å². The van der Waals surface area contributed by atoms with Crippen molar-refractivity contribution in [3.63, 3.8) is 0 Å². The summed E-state index contributed by atoms with van der Waals surface area (Å²) in [6.07, 6.45) is 0.154. The predicted octanol–water partition coefficient (Wildman–Crippen LogP) is 7.93. The first-order valence-electron chi connectivity index (χ1n) is 14.3. The molecule has 1 amide bonds. The minimum atomic E-state index is -1.23. The van der Waals surface area contributed by atoms with Gasteiger partial charge < -0.3 is 14.7 Å². The molecule has 3 atom stereocenters. The second-order valence-corrected chi connectivity index (χ2v) is 12.5. The van der Waals surface area contributed by atoms with Crippen molar-refractivity contribution >= 4 is 17.0 Å². The molecule has 2 heterocycles. The first-order valence-corrected chi connectivity index (χ1v) is 14.3. The number of pyridine rings is 1. The van der Waals surface area contributed by atoms with E-state index in [0.717, 1.165) is 44.4 Å². The molecule has 5 nitrogen and oxygen atoms in total. The summed E-state index contributed by atoms with van der Waals surface area (Å²) in [5, 5.41) is 13.7. The summed E-state index contributed by atoms with van der Waals surface area (Å²) in [5.41, 5.74) is 4.46. The van der Waals surface area contributed by atoms with E-state index in [0.29, 0.717) is 6.42 Å². The van der Waals surface area contributed by atoms with Crippen LogP contribution in [0.25, 0.3) is 10.9 Å². The molecule has 0 radical (unpaired) electrons. The maximum absolute atomic E-state index is 14.2. The Labute approximate surface area is 242 Å². The number of piperidine rings is 1. The van der Waals surface area contributed by atoms with Gasteiger partial charge in [-0.25, -0.2) is 9.18 Å². The molecule has 1 saturated heterocycles. The van der Waals surface area contributed by atoms with Gasteiger partial charge in [0.1, 0.15) is 11.4 Å². The highest BCUT2D eigenvalue weighted by Gasteiger charge is 2.48. The van der Waals surface area contributed by atoms with Crippen LogP contribution in [0, 0.1) is 26.6 Å². The van der Waals surface area contributed by atoms with Crippen LogP contribution in [0.3, 0.4) is 0 Å². The second-order valence-electron chi connectivity index (χ2n) is 12.5. The van der Waals surface area contributed by atoms with Crippen molar-refractivity contribution in [1.82, 2.24) is 9.88 Å². The van der Waals surface area contributed by atoms with Crippen molar-refractivity contribution in [1.29, 1.82) is 0 Å². The van der Waals surface area contributed by atoms with E-state index >= 15 is 0 Å². The fourth-order valence-electron chi connectivity index (χ4n) is 6.23. The fourth-order valence-corrected chi connectivity index (χ4v) is 6.23. The van der Waals surface area contributed by atoms with Crippen molar-refractivity contribution in [2.45, 2.75) is 77.5 Å². The van der Waals surface area contributed by atoms with Crippen molar-refractivity contribution in [3.8, 4) is 0 Å². The van der Waals surface area contributed by atoms with E-state index in [4.69, 9.17) is 9.72 Å². The topological polar surface area (TPSA) is 62.7 Å². The molecule has 3 unspecified atom stereocenters. The molecule has 1 aromatic heterocycles. The maximum Gasteiger partial charge on any atom is 0.410 e. The number of halogens is 1. The molecule has 1 fully saturated rings. The summed E-state index contributed by atoms with van der Waals surface area (Å²) in [5.74, 6) is -0.735. The van der Waals surface area contributed by atoms with E-state index in [1.54, 1.807) is 11.0 Å². The zero-order valence-corrected chi connectivity index (χ0v) is 24.7. The molecule has 214 valence electrons. The van der Waals surface area contributed by atoms with E-state index in [1.807, 2.05) is 71.0 Å². The van der Waals surface area contributed by atoms with Gasteiger partial charge in [-0.2, -0.15) is 0 Å². The van der Waals surface area contributed by atoms with Crippen LogP contribution in [0.1, 0.15) is 79.1 Å². The third-order valence-corrected chi connectivity index (χ3v) is 8.11. The number of nitrogens with zero attached hydrogens (tertiary/aromatic N) is 2. The molecule has 6 heteroatoms. The van der Waals surface area contributed by atoms with Gasteiger partial charge in [-0.3, -0.25) is 4.98 Å². The number of benzene rings is 3. The summed E-state index contributed by atoms with van der Waals surface area (Å²) in [7, 11) is 0. The number of aryl methyl sites for hydroxylation is 3. The van der Waals surface area contributed by atoms with Crippen molar-refractivity contribution in [3.05, 3.63) is 112 Å². The Hall–Kier alpha value is -3.77. The molecule has 0 aliphatic carbocycles. The number of aliphatic hydroxyl groups is 1. The minimum Gasteiger partial charge on any atom is -0.444 e. The van der Waals surface area contributed by atoms with Gasteiger partial charge in [0.25, 0.3) is 0 Å². The molecule has 41 heavy (non-hydrogen) atoms. The summed E-state index contributed by atoms with van der Waals surface area (Å²) in [4.78, 5) is 20.1. The number of aromatic nitrogens is 1. The molecular formula is C35H39FN2O3. The van der Waals surface area contributed by atoms with E-state index in [-0.39, 0.29) is 18.8 Å². The molecule has 0 saturated carbocycles. The van der Waals surface area contributed by atoms with E-state index < -0.39 is 29.3 Å². The lowest BCUT2D eigenvalue weighted by atomic mass is 9.69. The van der Waals surface area contributed by atoms with Crippen LogP contribution >= 0.6 is 0 Å². The Bertz CT molecular complexity index is 1580. The minimum absolute atomic E-state index is 0.254. The molecule has 3 aromatic carbocycles. The Morgan fingerprint density at radius 1 is 1.05 bits per heavy atom. The van der Waals surface area contributed by atoms with Gasteiger partial charge in [0.15, 0.2) is 0 Å². The highest BCUT2D eigenvalue weighted by molar-refractivity contribution is 5.80. The zero-order chi connectivity index (χ0) is 29.5. The highest BCUT2D eigenvalue weighted by Crippen LogP contribution is 2.48. The predicted molar refractivity (Wildman–Crippen MR) is 161 cm³/mol. The Morgan fingerprint density at radius 2 is 1.78 bits per heavy atom. The van der Waals surface area contributed by atoms with Crippen LogP contribution in [0.15, 0.2) is 72.8 Å². The number of amides is 1. The number of likely N-dealkylation sites (tertiary alicyclic amines) is 1. The number of ether oxygens (including phenoxy) is 1. The summed E-state index contributed by atoms with van der Waals surface area (Å²) in [6, 6.07) is 22.5. The number of carbonyl (C=O) groups excluding carboxylic acids is 1. The van der Waals surface area contributed by atoms with Crippen molar-refractivity contribution < 1.29 is 19.0 Å². The third-order valence-electron chi connectivity index (χ3n) is 8.11. The van der Waals surface area contributed by atoms with Crippen LogP contribution in [-0.4, -0.2) is 38.8 Å². The number of carbonyl (C=O) groups is 1. The average molecular weight is 555 g/mol. The van der Waals surface area contributed by atoms with Crippen LogP contribution < -0.4 is 0 Å². The smallest absolute Gasteiger partial charge is 0.410 e. The summed E-state index contributed by atoms with van der Waals surface area (Å²) < 4.78 is 19.9. The van der Waals surface area contributed by atoms with Crippen LogP contribution in [-0.2, 0) is 4.74 Å². The van der Waals surface area contributed by atoms with Gasteiger partial charge in [0.2, 0.25) is 0 Å². The largest absolute Gasteiger partial charge is 0.444 e. The van der Waals surface area contributed by atoms with Gasteiger partial charge >= 0.3 is 6.09 Å². The first-order chi connectivity index (χ1) is 19.3. The normalized spacial score (nSPS) is 20.2. The molecule has 1 aliphatic heterocycles. The lowest BCUT2D eigenvalue weighted by Gasteiger charge is -2.48. The Balaban J connectivity index is 1.65. The van der Waals surface area contributed by atoms with Gasteiger partial charge in [-0.15, -0.1) is 0 Å². The van der Waals surface area contributed by atoms with Crippen molar-refractivity contribution in [2.75, 3.05) is 6.54 Å². The lowest BCUT2D eigenvalue weighted by Crippen LogP contribution is -2.52. The fraction of sp³-hybridized carbons (Fsp3) is 0.371. The highest BCUT2D eigenvalue weighted by atomic mass is 19.1. The van der Waals surface area contributed by atoms with Crippen LogP contribution in [0.2, 0.25) is 0 Å². The summed E-state index contributed by atoms with van der Waals surface area (Å²) in [6.45, 7) is 11.7. The monoisotopic (exact) mass is 554 g/mol. The maximum atomic E-state index is 14.2. The molecule has 1 N–H and O–H groups in total. The van der Waals surface area contributed by atoms with Gasteiger partial charge in [0, 0.05) is 30.0 Å². The molecule has 1 aliphatic rings. The second kappa shape index (κ2) is 10.9. The van der Waals surface area contributed by atoms with E-state index in [2.05, 4.69) is 25.1 Å². The Morgan fingerprint density at radius 3 is 2.46 bits per heavy atom. The van der Waals surface area contributed by atoms with Gasteiger partial charge in [-0.1, -0.05) is 48.0 Å². The lowest BCUT2D eigenvalue weighted by molar-refractivity contribution is -0.0641. The van der Waals surface area contributed by atoms with Crippen molar-refractivity contribution in [2.24, 2.45) is 0 Å². The molecule has 0 bridgehead atoms. The number of rotatable bonds is 4. The molecule has 0 spiro atoms. The number of hydrogen-bond donors (Lipinski definition) is 1. The quantitative estimate of drug-likeness (QED) is 0.278. The van der Waals surface area contributed by atoms with Crippen LogP contribution in [0.5, 0.6) is 0 Å². The Kier molecular flexibility index (Phi) is 7.64. The molecular weight excluding hydrogens is 515 g/mol. The van der Waals surface area contributed by atoms with Gasteiger partial charge in [-0.05, 0) is 101 Å². The van der Waals surface area contributed by atoms with E-state index in [9.17, 15) is 14.3 Å². The average Bonchev–Trinajstić information content (AvgIpc) is 2.89. The molecule has 4 aromatic rings. The molecule has 5 rings (SSSR count). The van der Waals surface area contributed by atoms with Crippen LogP contribution in [0.4, 0.5) is 9.18 Å². The zero-order valence-electron chi connectivity index (χ0n) is 24.7. The summed E-state index contributed by atoms with van der Waals surface area (Å²) >= 11 is 0. The standard InChI is InChI=1S/C35H39FN2O3/c1-22-12-15-30-26(18-22)20-29(24(3)37-30)32(25-10-8-7-9-11-25)35(40)16-17-38(33(39)41-34(4,5)6)31(21-35)28-14-13-27(36)19-23(28)2/h7-15,18-20,31-32,40H,16-17,21H2,1-6H3. The number of hydrogen-bond acceptors (Lipinski definition) is 4. The first kappa shape index (κ1) is 28.7. The SMILES string of the molecule is Cc1ccc2nc(C)c(C(c3ccccc3)C3(O)CCN(C(=O)OC(C)(C)C)C(c4ccc(F)cc4C)C3)cc2c1. The van der Waals surface area contributed by atoms with Gasteiger partial charge in [0.05, 0.1) is 17.2 Å². The number of fused-ring (bicyclic) bond motifs is 1.